The lowest BCUT2D eigenvalue weighted by molar-refractivity contribution is 0.586. The first-order chi connectivity index (χ1) is 9.06. The van der Waals surface area contributed by atoms with Crippen molar-refractivity contribution in [2.45, 2.75) is 33.4 Å². The number of pyridine rings is 1. The summed E-state index contributed by atoms with van der Waals surface area (Å²) in [4.78, 5) is 4.12. The maximum atomic E-state index is 13.9. The standard InChI is InChI=1S/C16H19FN2/c1-11(2)19-9-13-4-5-16(17)15(7-13)14-6-12(3)8-18-10-14/h4-8,10-11,19H,9H2,1-3H3. The lowest BCUT2D eigenvalue weighted by Crippen LogP contribution is -2.21. The van der Waals surface area contributed by atoms with Crippen LogP contribution in [0.4, 0.5) is 4.39 Å². The number of rotatable bonds is 4. The second-order valence-corrected chi connectivity index (χ2v) is 5.10. The zero-order valence-corrected chi connectivity index (χ0v) is 11.6. The van der Waals surface area contributed by atoms with Crippen molar-refractivity contribution in [3.8, 4) is 11.1 Å². The van der Waals surface area contributed by atoms with Crippen LogP contribution in [0, 0.1) is 12.7 Å². The molecule has 0 amide bonds. The van der Waals surface area contributed by atoms with Gasteiger partial charge in [0.1, 0.15) is 5.82 Å². The first-order valence-electron chi connectivity index (χ1n) is 6.50. The van der Waals surface area contributed by atoms with E-state index in [9.17, 15) is 4.39 Å². The Morgan fingerprint density at radius 1 is 1.21 bits per heavy atom. The van der Waals surface area contributed by atoms with E-state index in [1.54, 1.807) is 12.4 Å². The minimum absolute atomic E-state index is 0.208. The molecule has 0 aliphatic heterocycles. The van der Waals surface area contributed by atoms with E-state index in [0.29, 0.717) is 11.6 Å². The van der Waals surface area contributed by atoms with Crippen molar-refractivity contribution in [3.05, 3.63) is 53.6 Å². The third-order valence-corrected chi connectivity index (χ3v) is 2.93. The van der Waals surface area contributed by atoms with Gasteiger partial charge in [-0.25, -0.2) is 4.39 Å². The maximum absolute atomic E-state index is 13.9. The zero-order valence-electron chi connectivity index (χ0n) is 11.6. The first-order valence-corrected chi connectivity index (χ1v) is 6.50. The molecule has 1 aromatic heterocycles. The first kappa shape index (κ1) is 13.7. The van der Waals surface area contributed by atoms with Gasteiger partial charge in [0, 0.05) is 36.1 Å². The summed E-state index contributed by atoms with van der Waals surface area (Å²) in [5, 5.41) is 3.33. The van der Waals surface area contributed by atoms with Crippen molar-refractivity contribution in [2.75, 3.05) is 0 Å². The van der Waals surface area contributed by atoms with Gasteiger partial charge in [-0.3, -0.25) is 4.98 Å². The highest BCUT2D eigenvalue weighted by atomic mass is 19.1. The Morgan fingerprint density at radius 2 is 2.00 bits per heavy atom. The van der Waals surface area contributed by atoms with Crippen LogP contribution in [0.2, 0.25) is 0 Å². The quantitative estimate of drug-likeness (QED) is 0.904. The minimum Gasteiger partial charge on any atom is -0.310 e. The smallest absolute Gasteiger partial charge is 0.131 e. The number of aryl methyl sites for hydroxylation is 1. The summed E-state index contributed by atoms with van der Waals surface area (Å²) < 4.78 is 13.9. The fourth-order valence-electron chi connectivity index (χ4n) is 1.93. The summed E-state index contributed by atoms with van der Waals surface area (Å²) in [6.45, 7) is 6.88. The number of aromatic nitrogens is 1. The average Bonchev–Trinajstić information content (AvgIpc) is 2.37. The summed E-state index contributed by atoms with van der Waals surface area (Å²) in [5.41, 5.74) is 3.54. The monoisotopic (exact) mass is 258 g/mol. The van der Waals surface area contributed by atoms with Crippen molar-refractivity contribution in [3.63, 3.8) is 0 Å². The average molecular weight is 258 g/mol. The molecule has 0 unspecified atom stereocenters. The van der Waals surface area contributed by atoms with Crippen LogP contribution in [-0.2, 0) is 6.54 Å². The van der Waals surface area contributed by atoms with Crippen molar-refractivity contribution in [2.24, 2.45) is 0 Å². The molecule has 1 N–H and O–H groups in total. The van der Waals surface area contributed by atoms with Crippen LogP contribution in [-0.4, -0.2) is 11.0 Å². The molecule has 2 nitrogen and oxygen atoms in total. The van der Waals surface area contributed by atoms with Crippen LogP contribution in [0.15, 0.2) is 36.7 Å². The largest absolute Gasteiger partial charge is 0.310 e. The van der Waals surface area contributed by atoms with E-state index in [4.69, 9.17) is 0 Å². The number of hydrogen-bond donors (Lipinski definition) is 1. The second kappa shape index (κ2) is 5.93. The fraction of sp³-hybridized carbons (Fsp3) is 0.312. The molecule has 0 atom stereocenters. The third-order valence-electron chi connectivity index (χ3n) is 2.93. The van der Waals surface area contributed by atoms with Crippen LogP contribution in [0.5, 0.6) is 0 Å². The van der Waals surface area contributed by atoms with Crippen molar-refractivity contribution >= 4 is 0 Å². The van der Waals surface area contributed by atoms with Gasteiger partial charge >= 0.3 is 0 Å². The highest BCUT2D eigenvalue weighted by Crippen LogP contribution is 2.24. The van der Waals surface area contributed by atoms with Gasteiger partial charge in [-0.2, -0.15) is 0 Å². The molecule has 19 heavy (non-hydrogen) atoms. The van der Waals surface area contributed by atoms with E-state index >= 15 is 0 Å². The van der Waals surface area contributed by atoms with Gasteiger partial charge in [-0.15, -0.1) is 0 Å². The van der Waals surface area contributed by atoms with E-state index in [2.05, 4.69) is 24.1 Å². The molecule has 0 aliphatic rings. The lowest BCUT2D eigenvalue weighted by Gasteiger charge is -2.10. The van der Waals surface area contributed by atoms with Crippen LogP contribution >= 0.6 is 0 Å². The van der Waals surface area contributed by atoms with E-state index in [1.165, 1.54) is 6.07 Å². The SMILES string of the molecule is Cc1cncc(-c2cc(CNC(C)C)ccc2F)c1. The molecule has 100 valence electrons. The Bertz CT molecular complexity index is 564. The van der Waals surface area contributed by atoms with Crippen molar-refractivity contribution in [1.82, 2.24) is 10.3 Å². The Morgan fingerprint density at radius 3 is 2.68 bits per heavy atom. The summed E-state index contributed by atoms with van der Waals surface area (Å²) in [6, 6.07) is 7.59. The number of nitrogens with one attached hydrogen (secondary N) is 1. The number of nitrogens with zero attached hydrogens (tertiary/aromatic N) is 1. The van der Waals surface area contributed by atoms with Crippen molar-refractivity contribution < 1.29 is 4.39 Å². The Kier molecular flexibility index (Phi) is 4.27. The third kappa shape index (κ3) is 3.61. The molecule has 0 radical (unpaired) electrons. The molecule has 1 aromatic carbocycles. The van der Waals surface area contributed by atoms with Gasteiger partial charge in [0.15, 0.2) is 0 Å². The van der Waals surface area contributed by atoms with Gasteiger partial charge in [0.05, 0.1) is 0 Å². The molecule has 2 rings (SSSR count). The minimum atomic E-state index is -0.208. The summed E-state index contributed by atoms with van der Waals surface area (Å²) in [6.07, 6.45) is 3.47. The lowest BCUT2D eigenvalue weighted by atomic mass is 10.0. The molecule has 0 saturated heterocycles. The Hall–Kier alpha value is -1.74. The van der Waals surface area contributed by atoms with Gasteiger partial charge < -0.3 is 5.32 Å². The van der Waals surface area contributed by atoms with E-state index in [0.717, 1.165) is 23.2 Å². The van der Waals surface area contributed by atoms with E-state index in [-0.39, 0.29) is 5.82 Å². The zero-order chi connectivity index (χ0) is 13.8. The summed E-state index contributed by atoms with van der Waals surface area (Å²) in [5.74, 6) is -0.208. The topological polar surface area (TPSA) is 24.9 Å². The molecule has 1 heterocycles. The predicted molar refractivity (Wildman–Crippen MR) is 76.3 cm³/mol. The van der Waals surface area contributed by atoms with E-state index < -0.39 is 0 Å². The fourth-order valence-corrected chi connectivity index (χ4v) is 1.93. The van der Waals surface area contributed by atoms with Gasteiger partial charge in [-0.05, 0) is 36.2 Å². The molecule has 2 aromatic rings. The number of halogens is 1. The molecule has 0 saturated carbocycles. The highest BCUT2D eigenvalue weighted by Gasteiger charge is 2.07. The van der Waals surface area contributed by atoms with E-state index in [1.807, 2.05) is 25.1 Å². The van der Waals surface area contributed by atoms with Gasteiger partial charge in [0.25, 0.3) is 0 Å². The molecular weight excluding hydrogens is 239 g/mol. The van der Waals surface area contributed by atoms with Crippen LogP contribution in [0.1, 0.15) is 25.0 Å². The molecule has 0 bridgehead atoms. The van der Waals surface area contributed by atoms with Crippen LogP contribution in [0.3, 0.4) is 0 Å². The van der Waals surface area contributed by atoms with Gasteiger partial charge in [0.2, 0.25) is 0 Å². The molecule has 0 aliphatic carbocycles. The van der Waals surface area contributed by atoms with Crippen LogP contribution in [0.25, 0.3) is 11.1 Å². The number of benzene rings is 1. The summed E-state index contributed by atoms with van der Waals surface area (Å²) in [7, 11) is 0. The summed E-state index contributed by atoms with van der Waals surface area (Å²) >= 11 is 0. The maximum Gasteiger partial charge on any atom is 0.131 e. The van der Waals surface area contributed by atoms with Gasteiger partial charge in [-0.1, -0.05) is 19.9 Å². The Balaban J connectivity index is 2.31. The number of hydrogen-bond acceptors (Lipinski definition) is 2. The normalized spacial score (nSPS) is 11.0. The van der Waals surface area contributed by atoms with Crippen LogP contribution < -0.4 is 5.32 Å². The molecule has 3 heteroatoms. The second-order valence-electron chi connectivity index (χ2n) is 5.10. The molecule has 0 fully saturated rings. The molecule has 0 spiro atoms. The predicted octanol–water partition coefficient (Wildman–Crippen LogP) is 3.69. The molecular formula is C16H19FN2. The Labute approximate surface area is 113 Å². The van der Waals surface area contributed by atoms with Crippen molar-refractivity contribution in [1.29, 1.82) is 0 Å². The highest BCUT2D eigenvalue weighted by molar-refractivity contribution is 5.64.